The molecule has 178 valence electrons. The fourth-order valence-electron chi connectivity index (χ4n) is 3.74. The summed E-state index contributed by atoms with van der Waals surface area (Å²) in [7, 11) is 4.12. The van der Waals surface area contributed by atoms with Gasteiger partial charge in [0.1, 0.15) is 5.82 Å². The van der Waals surface area contributed by atoms with E-state index in [4.69, 9.17) is 0 Å². The van der Waals surface area contributed by atoms with E-state index in [1.807, 2.05) is 44.2 Å². The molecular weight excluding hydrogens is 434 g/mol. The topological polar surface area (TPSA) is 80.9 Å². The first-order chi connectivity index (χ1) is 15.8. The maximum absolute atomic E-state index is 12.8. The standard InChI is InChI=1S/C24H35N7OS/c1-7-9-14-30-23(20(8-2)29(5)6)26-27-24(30)33-16-22(32)25-21-15-18(4)28-31(21)19-12-10-17(3)11-13-19/h10-13,15,20H,7-9,14,16H2,1-6H3,(H,25,32). The number of benzene rings is 1. The second-order valence-corrected chi connectivity index (χ2v) is 9.43. The predicted octanol–water partition coefficient (Wildman–Crippen LogP) is 4.62. The van der Waals surface area contributed by atoms with Gasteiger partial charge >= 0.3 is 0 Å². The fraction of sp³-hybridized carbons (Fsp3) is 0.500. The molecule has 3 rings (SSSR count). The SMILES string of the molecule is CCCCn1c(SCC(=O)Nc2cc(C)nn2-c2ccc(C)cc2)nnc1C(CC)N(C)C. The lowest BCUT2D eigenvalue weighted by molar-refractivity contribution is -0.113. The number of nitrogens with one attached hydrogen (secondary N) is 1. The summed E-state index contributed by atoms with van der Waals surface area (Å²) in [6, 6.07) is 10.1. The van der Waals surface area contributed by atoms with Gasteiger partial charge in [-0.3, -0.25) is 9.69 Å². The summed E-state index contributed by atoms with van der Waals surface area (Å²) in [4.78, 5) is 15.0. The average molecular weight is 470 g/mol. The van der Waals surface area contributed by atoms with Crippen LogP contribution in [0, 0.1) is 13.8 Å². The van der Waals surface area contributed by atoms with Crippen LogP contribution in [0.2, 0.25) is 0 Å². The molecule has 0 saturated carbocycles. The lowest BCUT2D eigenvalue weighted by atomic mass is 10.2. The number of thioether (sulfide) groups is 1. The molecule has 2 heterocycles. The van der Waals surface area contributed by atoms with Gasteiger partial charge in [-0.1, -0.05) is 49.7 Å². The molecule has 0 aliphatic rings. The van der Waals surface area contributed by atoms with Crippen molar-refractivity contribution < 1.29 is 4.79 Å². The van der Waals surface area contributed by atoms with Crippen molar-refractivity contribution in [2.24, 2.45) is 0 Å². The minimum absolute atomic E-state index is 0.0977. The summed E-state index contributed by atoms with van der Waals surface area (Å²) in [5.74, 6) is 1.78. The van der Waals surface area contributed by atoms with E-state index in [0.717, 1.165) is 48.2 Å². The fourth-order valence-corrected chi connectivity index (χ4v) is 4.51. The van der Waals surface area contributed by atoms with E-state index >= 15 is 0 Å². The number of carbonyl (C=O) groups is 1. The Labute approximate surface area is 200 Å². The molecule has 1 unspecified atom stereocenters. The molecule has 1 atom stereocenters. The lowest BCUT2D eigenvalue weighted by Gasteiger charge is -2.23. The molecule has 0 aliphatic carbocycles. The second kappa shape index (κ2) is 11.5. The number of carbonyl (C=O) groups excluding carboxylic acids is 1. The van der Waals surface area contributed by atoms with Crippen molar-refractivity contribution in [2.75, 3.05) is 25.2 Å². The molecule has 0 radical (unpaired) electrons. The number of amides is 1. The molecule has 0 spiro atoms. The third-order valence-corrected chi connectivity index (χ3v) is 6.47. The highest BCUT2D eigenvalue weighted by atomic mass is 32.2. The van der Waals surface area contributed by atoms with Crippen LogP contribution in [0.25, 0.3) is 5.69 Å². The number of rotatable bonds is 11. The monoisotopic (exact) mass is 469 g/mol. The number of hydrogen-bond donors (Lipinski definition) is 1. The molecular formula is C24H35N7OS. The average Bonchev–Trinajstić information content (AvgIpc) is 3.34. The Kier molecular flexibility index (Phi) is 8.68. The predicted molar refractivity (Wildman–Crippen MR) is 134 cm³/mol. The molecule has 0 bridgehead atoms. The molecule has 8 nitrogen and oxygen atoms in total. The highest BCUT2D eigenvalue weighted by molar-refractivity contribution is 7.99. The summed E-state index contributed by atoms with van der Waals surface area (Å²) in [6.07, 6.45) is 3.08. The Balaban J connectivity index is 1.73. The van der Waals surface area contributed by atoms with Crippen molar-refractivity contribution in [3.8, 4) is 5.69 Å². The van der Waals surface area contributed by atoms with E-state index in [1.54, 1.807) is 4.68 Å². The number of aromatic nitrogens is 5. The first-order valence-corrected chi connectivity index (χ1v) is 12.5. The molecule has 1 amide bonds. The van der Waals surface area contributed by atoms with E-state index in [1.165, 1.54) is 17.3 Å². The largest absolute Gasteiger partial charge is 0.310 e. The van der Waals surface area contributed by atoms with E-state index in [2.05, 4.69) is 58.0 Å². The lowest BCUT2D eigenvalue weighted by Crippen LogP contribution is -2.23. The molecule has 0 fully saturated rings. The van der Waals surface area contributed by atoms with Gasteiger partial charge in [-0.15, -0.1) is 10.2 Å². The van der Waals surface area contributed by atoms with Gasteiger partial charge in [0.15, 0.2) is 11.0 Å². The number of nitrogens with zero attached hydrogens (tertiary/aromatic N) is 6. The smallest absolute Gasteiger partial charge is 0.236 e. The Morgan fingerprint density at radius 2 is 1.88 bits per heavy atom. The van der Waals surface area contributed by atoms with Crippen molar-refractivity contribution >= 4 is 23.5 Å². The zero-order valence-corrected chi connectivity index (χ0v) is 21.3. The quantitative estimate of drug-likeness (QED) is 0.413. The Bertz CT molecular complexity index is 1060. The van der Waals surface area contributed by atoms with Gasteiger partial charge in [-0.05, 0) is 52.9 Å². The van der Waals surface area contributed by atoms with Crippen LogP contribution in [-0.2, 0) is 11.3 Å². The summed E-state index contributed by atoms with van der Waals surface area (Å²) in [5, 5.41) is 17.3. The van der Waals surface area contributed by atoms with E-state index < -0.39 is 0 Å². The van der Waals surface area contributed by atoms with E-state index in [-0.39, 0.29) is 17.7 Å². The minimum Gasteiger partial charge on any atom is -0.310 e. The van der Waals surface area contributed by atoms with Crippen molar-refractivity contribution in [1.29, 1.82) is 0 Å². The number of unbranched alkanes of at least 4 members (excludes halogenated alkanes) is 1. The van der Waals surface area contributed by atoms with E-state index in [9.17, 15) is 4.79 Å². The summed E-state index contributed by atoms with van der Waals surface area (Å²) >= 11 is 1.42. The van der Waals surface area contributed by atoms with Crippen molar-refractivity contribution in [3.63, 3.8) is 0 Å². The van der Waals surface area contributed by atoms with Crippen molar-refractivity contribution in [3.05, 3.63) is 47.4 Å². The first kappa shape index (κ1) is 25.0. The highest BCUT2D eigenvalue weighted by Crippen LogP contribution is 2.26. The second-order valence-electron chi connectivity index (χ2n) is 8.49. The maximum Gasteiger partial charge on any atom is 0.236 e. The normalized spacial score (nSPS) is 12.3. The summed E-state index contributed by atoms with van der Waals surface area (Å²) in [5.41, 5.74) is 2.93. The van der Waals surface area contributed by atoms with Crippen LogP contribution in [0.4, 0.5) is 5.82 Å². The summed E-state index contributed by atoms with van der Waals surface area (Å²) < 4.78 is 3.94. The molecule has 3 aromatic rings. The van der Waals surface area contributed by atoms with Crippen LogP contribution in [-0.4, -0.2) is 55.2 Å². The zero-order valence-electron chi connectivity index (χ0n) is 20.5. The molecule has 1 aromatic carbocycles. The molecule has 0 aliphatic heterocycles. The Morgan fingerprint density at radius 1 is 1.15 bits per heavy atom. The zero-order chi connectivity index (χ0) is 24.0. The van der Waals surface area contributed by atoms with Crippen LogP contribution in [0.15, 0.2) is 35.5 Å². The molecule has 33 heavy (non-hydrogen) atoms. The van der Waals surface area contributed by atoms with Gasteiger partial charge in [0.05, 0.1) is 23.2 Å². The Hall–Kier alpha value is -2.65. The number of aryl methyl sites for hydroxylation is 2. The maximum atomic E-state index is 12.8. The van der Waals surface area contributed by atoms with Crippen LogP contribution < -0.4 is 5.32 Å². The number of anilines is 1. The van der Waals surface area contributed by atoms with Crippen LogP contribution in [0.5, 0.6) is 0 Å². The van der Waals surface area contributed by atoms with Gasteiger partial charge in [-0.2, -0.15) is 5.10 Å². The van der Waals surface area contributed by atoms with Crippen LogP contribution in [0.3, 0.4) is 0 Å². The van der Waals surface area contributed by atoms with Gasteiger partial charge < -0.3 is 9.88 Å². The van der Waals surface area contributed by atoms with Crippen LogP contribution >= 0.6 is 11.8 Å². The minimum atomic E-state index is -0.0977. The molecule has 0 saturated heterocycles. The third kappa shape index (κ3) is 6.23. The van der Waals surface area contributed by atoms with Gasteiger partial charge in [0.2, 0.25) is 5.91 Å². The van der Waals surface area contributed by atoms with Crippen molar-refractivity contribution in [2.45, 2.75) is 64.7 Å². The number of hydrogen-bond acceptors (Lipinski definition) is 6. The van der Waals surface area contributed by atoms with Gasteiger partial charge in [0, 0.05) is 12.6 Å². The third-order valence-electron chi connectivity index (χ3n) is 5.50. The Morgan fingerprint density at radius 3 is 2.52 bits per heavy atom. The highest BCUT2D eigenvalue weighted by Gasteiger charge is 2.22. The first-order valence-electron chi connectivity index (χ1n) is 11.5. The molecule has 1 N–H and O–H groups in total. The van der Waals surface area contributed by atoms with E-state index in [0.29, 0.717) is 5.82 Å². The molecule has 2 aromatic heterocycles. The molecule has 9 heteroatoms. The van der Waals surface area contributed by atoms with Gasteiger partial charge in [-0.25, -0.2) is 4.68 Å². The van der Waals surface area contributed by atoms with Crippen LogP contribution in [0.1, 0.15) is 56.2 Å². The van der Waals surface area contributed by atoms with Gasteiger partial charge in [0.25, 0.3) is 0 Å². The van der Waals surface area contributed by atoms with Crippen molar-refractivity contribution in [1.82, 2.24) is 29.4 Å². The summed E-state index contributed by atoms with van der Waals surface area (Å²) in [6.45, 7) is 9.15.